The standard InChI is InChI=1S/C12H24N4O3S/c1-11(2)16(7-8-19-4)20(17,18)12-9-14-15(10-12)6-5-13-3/h9-11,13H,5-8H2,1-4H3. The molecule has 0 atom stereocenters. The minimum absolute atomic E-state index is 0.129. The summed E-state index contributed by atoms with van der Waals surface area (Å²) in [7, 11) is -0.131. The predicted molar refractivity (Wildman–Crippen MR) is 77.1 cm³/mol. The first-order chi connectivity index (χ1) is 9.43. The predicted octanol–water partition coefficient (Wildman–Crippen LogP) is 0.148. The summed E-state index contributed by atoms with van der Waals surface area (Å²) >= 11 is 0. The van der Waals surface area contributed by atoms with Gasteiger partial charge in [-0.3, -0.25) is 4.68 Å². The Bertz CT molecular complexity index is 499. The van der Waals surface area contributed by atoms with Crippen LogP contribution in [0.3, 0.4) is 0 Å². The van der Waals surface area contributed by atoms with Crippen LogP contribution < -0.4 is 5.32 Å². The number of hydrogen-bond acceptors (Lipinski definition) is 5. The Labute approximate surface area is 121 Å². The van der Waals surface area contributed by atoms with E-state index in [-0.39, 0.29) is 10.9 Å². The molecule has 1 heterocycles. The third kappa shape index (κ3) is 4.27. The van der Waals surface area contributed by atoms with Crippen molar-refractivity contribution in [2.75, 3.05) is 33.9 Å². The van der Waals surface area contributed by atoms with Crippen LogP contribution in [0.25, 0.3) is 0 Å². The smallest absolute Gasteiger partial charge is 0.246 e. The maximum atomic E-state index is 12.6. The van der Waals surface area contributed by atoms with Crippen molar-refractivity contribution in [1.29, 1.82) is 0 Å². The molecule has 1 N–H and O–H groups in total. The summed E-state index contributed by atoms with van der Waals surface area (Å²) in [5.41, 5.74) is 0. The van der Waals surface area contributed by atoms with Crippen molar-refractivity contribution in [3.63, 3.8) is 0 Å². The van der Waals surface area contributed by atoms with Crippen molar-refractivity contribution in [2.24, 2.45) is 0 Å². The molecule has 1 rings (SSSR count). The highest BCUT2D eigenvalue weighted by molar-refractivity contribution is 7.89. The molecule has 0 amide bonds. The van der Waals surface area contributed by atoms with E-state index in [1.165, 1.54) is 10.5 Å². The Morgan fingerprint density at radius 3 is 2.75 bits per heavy atom. The number of rotatable bonds is 9. The van der Waals surface area contributed by atoms with Gasteiger partial charge >= 0.3 is 0 Å². The lowest BCUT2D eigenvalue weighted by Crippen LogP contribution is -2.39. The molecule has 1 aromatic heterocycles. The van der Waals surface area contributed by atoms with Crippen LogP contribution >= 0.6 is 0 Å². The fourth-order valence-electron chi connectivity index (χ4n) is 1.80. The monoisotopic (exact) mass is 304 g/mol. The fourth-order valence-corrected chi connectivity index (χ4v) is 3.38. The lowest BCUT2D eigenvalue weighted by molar-refractivity contribution is 0.171. The van der Waals surface area contributed by atoms with E-state index in [1.807, 2.05) is 20.9 Å². The molecule has 8 heteroatoms. The van der Waals surface area contributed by atoms with E-state index < -0.39 is 10.0 Å². The van der Waals surface area contributed by atoms with Crippen molar-refractivity contribution < 1.29 is 13.2 Å². The van der Waals surface area contributed by atoms with Crippen molar-refractivity contribution in [3.8, 4) is 0 Å². The summed E-state index contributed by atoms with van der Waals surface area (Å²) in [6, 6.07) is -0.129. The Hall–Kier alpha value is -0.960. The largest absolute Gasteiger partial charge is 0.383 e. The first kappa shape index (κ1) is 17.1. The average Bonchev–Trinajstić information content (AvgIpc) is 2.85. The molecule has 0 spiro atoms. The van der Waals surface area contributed by atoms with E-state index in [9.17, 15) is 8.42 Å². The number of likely N-dealkylation sites (N-methyl/N-ethyl adjacent to an activating group) is 1. The van der Waals surface area contributed by atoms with Crippen LogP contribution in [-0.2, 0) is 21.3 Å². The van der Waals surface area contributed by atoms with E-state index in [4.69, 9.17) is 4.74 Å². The Morgan fingerprint density at radius 1 is 1.50 bits per heavy atom. The van der Waals surface area contributed by atoms with Gasteiger partial charge in [-0.2, -0.15) is 9.40 Å². The van der Waals surface area contributed by atoms with Crippen LogP contribution in [0.5, 0.6) is 0 Å². The number of sulfonamides is 1. The van der Waals surface area contributed by atoms with Crippen molar-refractivity contribution >= 4 is 10.0 Å². The SMILES string of the molecule is CNCCn1cc(S(=O)(=O)N(CCOC)C(C)C)cn1. The molecule has 0 aliphatic rings. The topological polar surface area (TPSA) is 76.5 Å². The van der Waals surface area contributed by atoms with Gasteiger partial charge in [0, 0.05) is 32.4 Å². The van der Waals surface area contributed by atoms with E-state index in [2.05, 4.69) is 10.4 Å². The van der Waals surface area contributed by atoms with Crippen LogP contribution in [0.4, 0.5) is 0 Å². The zero-order valence-electron chi connectivity index (χ0n) is 12.5. The van der Waals surface area contributed by atoms with Crippen LogP contribution in [0.2, 0.25) is 0 Å². The first-order valence-electron chi connectivity index (χ1n) is 6.61. The van der Waals surface area contributed by atoms with Gasteiger partial charge in [-0.15, -0.1) is 0 Å². The molecule has 116 valence electrons. The molecule has 0 saturated carbocycles. The molecule has 0 aliphatic carbocycles. The molecule has 20 heavy (non-hydrogen) atoms. The van der Waals surface area contributed by atoms with E-state index in [1.54, 1.807) is 18.0 Å². The molecule has 1 aromatic rings. The second-order valence-electron chi connectivity index (χ2n) is 4.74. The zero-order chi connectivity index (χ0) is 15.2. The third-order valence-electron chi connectivity index (χ3n) is 2.90. The third-order valence-corrected chi connectivity index (χ3v) is 4.93. The summed E-state index contributed by atoms with van der Waals surface area (Å²) in [5.74, 6) is 0. The summed E-state index contributed by atoms with van der Waals surface area (Å²) < 4.78 is 33.2. The highest BCUT2D eigenvalue weighted by atomic mass is 32.2. The normalized spacial score (nSPS) is 12.5. The van der Waals surface area contributed by atoms with E-state index in [0.717, 1.165) is 6.54 Å². The van der Waals surface area contributed by atoms with Gasteiger partial charge in [0.05, 0.1) is 19.3 Å². The minimum atomic E-state index is -3.53. The van der Waals surface area contributed by atoms with Gasteiger partial charge in [-0.05, 0) is 20.9 Å². The minimum Gasteiger partial charge on any atom is -0.383 e. The van der Waals surface area contributed by atoms with Crippen molar-refractivity contribution in [2.45, 2.75) is 31.3 Å². The summed E-state index contributed by atoms with van der Waals surface area (Å²) in [6.07, 6.45) is 2.96. The van der Waals surface area contributed by atoms with Crippen LogP contribution in [-0.4, -0.2) is 62.4 Å². The van der Waals surface area contributed by atoms with Gasteiger partial charge in [0.15, 0.2) is 0 Å². The van der Waals surface area contributed by atoms with Crippen LogP contribution in [0, 0.1) is 0 Å². The summed E-state index contributed by atoms with van der Waals surface area (Å²) in [5, 5.41) is 7.08. The molecule has 0 radical (unpaired) electrons. The Balaban J connectivity index is 2.91. The number of methoxy groups -OCH3 is 1. The van der Waals surface area contributed by atoms with E-state index in [0.29, 0.717) is 19.7 Å². The summed E-state index contributed by atoms with van der Waals surface area (Å²) in [4.78, 5) is 0.221. The number of hydrogen-bond donors (Lipinski definition) is 1. The molecular formula is C12H24N4O3S. The first-order valence-corrected chi connectivity index (χ1v) is 8.05. The maximum Gasteiger partial charge on any atom is 0.246 e. The zero-order valence-corrected chi connectivity index (χ0v) is 13.4. The van der Waals surface area contributed by atoms with Gasteiger partial charge < -0.3 is 10.1 Å². The van der Waals surface area contributed by atoms with E-state index >= 15 is 0 Å². The molecule has 0 aliphatic heterocycles. The second-order valence-corrected chi connectivity index (χ2v) is 6.64. The van der Waals surface area contributed by atoms with Gasteiger partial charge in [0.1, 0.15) is 4.90 Å². The molecule has 0 bridgehead atoms. The van der Waals surface area contributed by atoms with Crippen molar-refractivity contribution in [3.05, 3.63) is 12.4 Å². The number of nitrogens with one attached hydrogen (secondary N) is 1. The average molecular weight is 304 g/mol. The lowest BCUT2D eigenvalue weighted by Gasteiger charge is -2.24. The molecule has 7 nitrogen and oxygen atoms in total. The molecule has 0 aromatic carbocycles. The number of aromatic nitrogens is 2. The van der Waals surface area contributed by atoms with Gasteiger partial charge in [0.25, 0.3) is 0 Å². The van der Waals surface area contributed by atoms with Gasteiger partial charge in [0.2, 0.25) is 10.0 Å². The summed E-state index contributed by atoms with van der Waals surface area (Å²) in [6.45, 7) is 5.76. The number of nitrogens with zero attached hydrogens (tertiary/aromatic N) is 3. The van der Waals surface area contributed by atoms with Gasteiger partial charge in [-0.1, -0.05) is 0 Å². The molecule has 0 fully saturated rings. The Morgan fingerprint density at radius 2 is 2.20 bits per heavy atom. The maximum absolute atomic E-state index is 12.6. The number of ether oxygens (including phenoxy) is 1. The fraction of sp³-hybridized carbons (Fsp3) is 0.750. The van der Waals surface area contributed by atoms with Gasteiger partial charge in [-0.25, -0.2) is 8.42 Å². The molecular weight excluding hydrogens is 280 g/mol. The van der Waals surface area contributed by atoms with Crippen LogP contribution in [0.1, 0.15) is 13.8 Å². The van der Waals surface area contributed by atoms with Crippen molar-refractivity contribution in [1.82, 2.24) is 19.4 Å². The molecule has 0 saturated heterocycles. The van der Waals surface area contributed by atoms with Crippen LogP contribution in [0.15, 0.2) is 17.3 Å². The highest BCUT2D eigenvalue weighted by Gasteiger charge is 2.27. The second kappa shape index (κ2) is 7.72. The molecule has 0 unspecified atom stereocenters. The Kier molecular flexibility index (Phi) is 6.60. The quantitative estimate of drug-likeness (QED) is 0.703. The lowest BCUT2D eigenvalue weighted by atomic mass is 10.4. The highest BCUT2D eigenvalue weighted by Crippen LogP contribution is 2.17.